The summed E-state index contributed by atoms with van der Waals surface area (Å²) >= 11 is 0. The van der Waals surface area contributed by atoms with E-state index in [1.807, 2.05) is 0 Å². The monoisotopic (exact) mass is 354 g/mol. The Bertz CT molecular complexity index is 707. The van der Waals surface area contributed by atoms with Crippen LogP contribution in [0.25, 0.3) is 0 Å². The molecule has 0 aromatic heterocycles. The number of non-ortho nitro benzene ring substituents is 1. The minimum Gasteiger partial charge on any atom is -0.497 e. The number of Topliss-reactive ketones (excluding diaryl/α,β-unsaturated/α-hetero) is 1. The van der Waals surface area contributed by atoms with Crippen molar-refractivity contribution in [3.63, 3.8) is 0 Å². The summed E-state index contributed by atoms with van der Waals surface area (Å²) in [6, 6.07) is 0.894. The fourth-order valence-electron chi connectivity index (χ4n) is 2.74. The number of carbonyl (C=O) groups is 1. The zero-order valence-corrected chi connectivity index (χ0v) is 12.9. The quantitative estimate of drug-likeness (QED) is 0.622. The molecule has 25 heavy (non-hydrogen) atoms. The zero-order valence-electron chi connectivity index (χ0n) is 12.9. The molecule has 3 saturated heterocycles. The summed E-state index contributed by atoms with van der Waals surface area (Å²) < 4.78 is 0. The number of aromatic hydroxyl groups is 1. The van der Waals surface area contributed by atoms with Crippen molar-refractivity contribution < 1.29 is 24.7 Å². The Labute approximate surface area is 140 Å². The van der Waals surface area contributed by atoms with E-state index in [9.17, 15) is 35.1 Å². The third kappa shape index (κ3) is 4.03. The van der Waals surface area contributed by atoms with E-state index in [1.54, 1.807) is 0 Å². The molecular formula is C13H14N4O8. The van der Waals surface area contributed by atoms with Crippen LogP contribution in [0.15, 0.2) is 12.1 Å². The second-order valence-corrected chi connectivity index (χ2v) is 5.62. The van der Waals surface area contributed by atoms with Gasteiger partial charge < -0.3 is 5.11 Å². The number of nitro benzene ring substituents is 3. The first-order valence-corrected chi connectivity index (χ1v) is 7.26. The lowest BCUT2D eigenvalue weighted by atomic mass is 9.87. The average molecular weight is 354 g/mol. The first kappa shape index (κ1) is 18.2. The third-order valence-corrected chi connectivity index (χ3v) is 4.08. The van der Waals surface area contributed by atoms with Crippen molar-refractivity contribution in [2.24, 2.45) is 5.92 Å². The molecule has 1 aromatic carbocycles. The molecule has 1 N–H and O–H groups in total. The molecule has 12 heteroatoms. The first-order valence-electron chi connectivity index (χ1n) is 7.26. The highest BCUT2D eigenvalue weighted by atomic mass is 16.6. The molecule has 0 atom stereocenters. The topological polar surface area (TPSA) is 170 Å². The summed E-state index contributed by atoms with van der Waals surface area (Å²) in [6.45, 7) is 3.07. The van der Waals surface area contributed by atoms with Crippen molar-refractivity contribution in [1.29, 1.82) is 0 Å². The fraction of sp³-hybridized carbons (Fsp3) is 0.462. The number of hydrogen-bond acceptors (Lipinski definition) is 9. The second-order valence-electron chi connectivity index (χ2n) is 5.62. The average Bonchev–Trinajstić information content (AvgIpc) is 2.55. The Morgan fingerprint density at radius 1 is 0.960 bits per heavy atom. The molecular weight excluding hydrogens is 340 g/mol. The maximum absolute atomic E-state index is 11.0. The van der Waals surface area contributed by atoms with Crippen molar-refractivity contribution in [3.05, 3.63) is 42.5 Å². The molecule has 0 saturated carbocycles. The maximum Gasteiger partial charge on any atom is 0.324 e. The van der Waals surface area contributed by atoms with Crippen molar-refractivity contribution in [3.8, 4) is 5.75 Å². The Morgan fingerprint density at radius 2 is 1.44 bits per heavy atom. The summed E-state index contributed by atoms with van der Waals surface area (Å²) in [5.74, 6) is -0.289. The lowest BCUT2D eigenvalue weighted by molar-refractivity contribution is -0.404. The number of ketones is 1. The van der Waals surface area contributed by atoms with Gasteiger partial charge in [-0.2, -0.15) is 0 Å². The molecule has 3 fully saturated rings. The van der Waals surface area contributed by atoms with Crippen LogP contribution in [0, 0.1) is 36.3 Å². The normalized spacial score (nSPS) is 21.2. The number of nitro groups is 3. The predicted molar refractivity (Wildman–Crippen MR) is 82.2 cm³/mol. The minimum atomic E-state index is -1.21. The largest absolute Gasteiger partial charge is 0.497 e. The standard InChI is InChI=1S/C7H11NO.C6H3N3O7/c9-7-5-8-3-1-6(7)2-4-8;10-6-4(8(13)14)1-3(7(11)12)2-5(6)9(15)16/h6H,1-5H2;1-2,10H. The van der Waals surface area contributed by atoms with Crippen LogP contribution in [-0.2, 0) is 4.79 Å². The van der Waals surface area contributed by atoms with Crippen LogP contribution >= 0.6 is 0 Å². The number of carbonyl (C=O) groups excluding carboxylic acids is 1. The summed E-state index contributed by atoms with van der Waals surface area (Å²) in [4.78, 5) is 41.0. The third-order valence-electron chi connectivity index (χ3n) is 4.08. The summed E-state index contributed by atoms with van der Waals surface area (Å²) in [5, 5.41) is 40.2. The Hall–Kier alpha value is -3.15. The van der Waals surface area contributed by atoms with Gasteiger partial charge in [-0.3, -0.25) is 40.0 Å². The molecule has 3 aliphatic heterocycles. The molecule has 0 unspecified atom stereocenters. The molecule has 4 rings (SSSR count). The minimum absolute atomic E-state index is 0.440. The van der Waals surface area contributed by atoms with Gasteiger partial charge in [-0.15, -0.1) is 0 Å². The lowest BCUT2D eigenvalue weighted by Gasteiger charge is -2.37. The number of nitrogens with zero attached hydrogens (tertiary/aromatic N) is 4. The van der Waals surface area contributed by atoms with Crippen LogP contribution in [0.3, 0.4) is 0 Å². The highest BCUT2D eigenvalue weighted by Gasteiger charge is 2.32. The Morgan fingerprint density at radius 3 is 1.68 bits per heavy atom. The number of piperidine rings is 3. The first-order chi connectivity index (χ1) is 11.7. The van der Waals surface area contributed by atoms with E-state index >= 15 is 0 Å². The number of rotatable bonds is 3. The van der Waals surface area contributed by atoms with Gasteiger partial charge in [0.25, 0.3) is 11.4 Å². The summed E-state index contributed by atoms with van der Waals surface area (Å²) in [6.07, 6.45) is 2.25. The van der Waals surface area contributed by atoms with Crippen molar-refractivity contribution >= 4 is 22.8 Å². The molecule has 2 bridgehead atoms. The molecule has 134 valence electrons. The number of fused-ring (bicyclic) bond motifs is 3. The van der Waals surface area contributed by atoms with E-state index in [0.717, 1.165) is 32.5 Å². The number of phenols is 1. The second kappa shape index (κ2) is 7.17. The summed E-state index contributed by atoms with van der Waals surface area (Å²) in [7, 11) is 0. The van der Waals surface area contributed by atoms with Crippen LogP contribution in [0.1, 0.15) is 12.8 Å². The number of phenolic OH excluding ortho intramolecular Hbond substituents is 1. The Balaban J connectivity index is 0.000000208. The molecule has 12 nitrogen and oxygen atoms in total. The Kier molecular flexibility index (Phi) is 5.22. The van der Waals surface area contributed by atoms with E-state index < -0.39 is 37.6 Å². The van der Waals surface area contributed by atoms with E-state index in [0.29, 0.717) is 23.8 Å². The van der Waals surface area contributed by atoms with Gasteiger partial charge in [0.05, 0.1) is 33.4 Å². The molecule has 0 aliphatic carbocycles. The van der Waals surface area contributed by atoms with Crippen LogP contribution in [0.2, 0.25) is 0 Å². The van der Waals surface area contributed by atoms with Gasteiger partial charge in [0.2, 0.25) is 0 Å². The van der Waals surface area contributed by atoms with Crippen molar-refractivity contribution in [2.45, 2.75) is 12.8 Å². The van der Waals surface area contributed by atoms with Gasteiger partial charge >= 0.3 is 11.4 Å². The van der Waals surface area contributed by atoms with E-state index in [-0.39, 0.29) is 0 Å². The smallest absolute Gasteiger partial charge is 0.324 e. The fourth-order valence-corrected chi connectivity index (χ4v) is 2.74. The number of hydrogen-bond donors (Lipinski definition) is 1. The maximum atomic E-state index is 11.0. The van der Waals surface area contributed by atoms with Gasteiger partial charge in [0, 0.05) is 5.92 Å². The van der Waals surface area contributed by atoms with Crippen LogP contribution in [0.4, 0.5) is 17.1 Å². The number of benzene rings is 1. The highest BCUT2D eigenvalue weighted by Crippen LogP contribution is 2.38. The highest BCUT2D eigenvalue weighted by molar-refractivity contribution is 5.84. The van der Waals surface area contributed by atoms with Gasteiger partial charge in [-0.05, 0) is 25.9 Å². The van der Waals surface area contributed by atoms with E-state index in [4.69, 9.17) is 5.11 Å². The van der Waals surface area contributed by atoms with Gasteiger partial charge in [0.1, 0.15) is 5.78 Å². The summed E-state index contributed by atoms with van der Waals surface area (Å²) in [5.41, 5.74) is -3.00. The van der Waals surface area contributed by atoms with Gasteiger partial charge in [-0.1, -0.05) is 0 Å². The van der Waals surface area contributed by atoms with Crippen LogP contribution in [0.5, 0.6) is 5.75 Å². The molecule has 0 amide bonds. The van der Waals surface area contributed by atoms with Crippen molar-refractivity contribution in [1.82, 2.24) is 4.90 Å². The molecule has 1 aromatic rings. The van der Waals surface area contributed by atoms with E-state index in [2.05, 4.69) is 4.90 Å². The zero-order chi connectivity index (χ0) is 18.7. The van der Waals surface area contributed by atoms with Crippen molar-refractivity contribution in [2.75, 3.05) is 19.6 Å². The molecule has 0 spiro atoms. The molecule has 0 radical (unpaired) electrons. The predicted octanol–water partition coefficient (Wildman–Crippen LogP) is 1.40. The van der Waals surface area contributed by atoms with Gasteiger partial charge in [0.15, 0.2) is 0 Å². The van der Waals surface area contributed by atoms with Gasteiger partial charge in [-0.25, -0.2) is 0 Å². The van der Waals surface area contributed by atoms with Crippen LogP contribution < -0.4 is 0 Å². The SMILES string of the molecule is O=C1CN2CCC1CC2.O=[N+]([O-])c1cc([N+](=O)[O-])c(O)c([N+](=O)[O-])c1. The molecule has 3 aliphatic rings. The lowest BCUT2D eigenvalue weighted by Crippen LogP contribution is -2.47. The van der Waals surface area contributed by atoms with E-state index in [1.165, 1.54) is 0 Å². The van der Waals surface area contributed by atoms with Crippen LogP contribution in [-0.4, -0.2) is 50.2 Å². The molecule has 3 heterocycles.